The van der Waals surface area contributed by atoms with Gasteiger partial charge in [-0.15, -0.1) is 0 Å². The predicted octanol–water partition coefficient (Wildman–Crippen LogP) is 4.16. The van der Waals surface area contributed by atoms with Gasteiger partial charge in [0.15, 0.2) is 5.58 Å². The van der Waals surface area contributed by atoms with E-state index in [2.05, 4.69) is 0 Å². The van der Waals surface area contributed by atoms with Crippen molar-refractivity contribution < 1.29 is 19.4 Å². The molecule has 0 spiro atoms. The Hall–Kier alpha value is -3.25. The van der Waals surface area contributed by atoms with Crippen LogP contribution < -0.4 is 10.2 Å². The maximum atomic E-state index is 13.4. The Morgan fingerprint density at radius 3 is 2.47 bits per heavy atom. The first-order valence-corrected chi connectivity index (χ1v) is 9.83. The maximum absolute atomic E-state index is 13.4. The van der Waals surface area contributed by atoms with Gasteiger partial charge in [0.25, 0.3) is 0 Å². The van der Waals surface area contributed by atoms with Crippen LogP contribution >= 0.6 is 0 Å². The lowest BCUT2D eigenvalue weighted by atomic mass is 9.94. The molecule has 2 aromatic carbocycles. The third-order valence-corrected chi connectivity index (χ3v) is 5.28. The summed E-state index contributed by atoms with van der Waals surface area (Å²) in [6.45, 7) is 4.56. The summed E-state index contributed by atoms with van der Waals surface area (Å²) in [6, 6.07) is 6.29. The van der Waals surface area contributed by atoms with E-state index in [1.807, 2.05) is 45.0 Å². The molecule has 2 N–H and O–H groups in total. The van der Waals surface area contributed by atoms with E-state index >= 15 is 0 Å². The summed E-state index contributed by atoms with van der Waals surface area (Å²) in [5.41, 5.74) is 1.61. The lowest BCUT2D eigenvalue weighted by molar-refractivity contribution is 0.156. The zero-order chi connectivity index (χ0) is 21.6. The van der Waals surface area contributed by atoms with E-state index in [4.69, 9.17) is 9.15 Å². The van der Waals surface area contributed by atoms with Crippen molar-refractivity contribution in [2.75, 3.05) is 20.6 Å². The van der Waals surface area contributed by atoms with Crippen LogP contribution in [0.15, 0.2) is 45.8 Å². The molecule has 0 fully saturated rings. The van der Waals surface area contributed by atoms with E-state index in [0.29, 0.717) is 46.6 Å². The zero-order valence-electron chi connectivity index (χ0n) is 17.5. The first kappa shape index (κ1) is 20.0. The number of benzene rings is 2. The number of phenols is 2. The topological polar surface area (TPSA) is 83.1 Å². The van der Waals surface area contributed by atoms with Crippen LogP contribution in [0.1, 0.15) is 25.0 Å². The lowest BCUT2D eigenvalue weighted by Gasteiger charge is -2.30. The van der Waals surface area contributed by atoms with Crippen LogP contribution in [0.5, 0.6) is 17.2 Å². The number of aromatic hydroxyl groups is 2. The number of likely N-dealkylation sites (N-methyl/N-ethyl adjacent to an activating group) is 1. The van der Waals surface area contributed by atoms with Crippen molar-refractivity contribution in [3.63, 3.8) is 0 Å². The van der Waals surface area contributed by atoms with Crippen molar-refractivity contribution in [2.45, 2.75) is 25.9 Å². The second-order valence-electron chi connectivity index (χ2n) is 8.39. The summed E-state index contributed by atoms with van der Waals surface area (Å²) in [5.74, 6) is 0.553. The maximum Gasteiger partial charge on any atom is 0.204 e. The van der Waals surface area contributed by atoms with Gasteiger partial charge in [-0.25, -0.2) is 0 Å². The largest absolute Gasteiger partial charge is 0.508 e. The molecule has 30 heavy (non-hydrogen) atoms. The number of fused-ring (bicyclic) bond motifs is 3. The molecule has 0 unspecified atom stereocenters. The normalized spacial score (nSPS) is 14.7. The Bertz CT molecular complexity index is 1200. The first-order valence-electron chi connectivity index (χ1n) is 9.83. The molecule has 0 amide bonds. The fourth-order valence-corrected chi connectivity index (χ4v) is 3.66. The molecule has 0 saturated heterocycles. The standard InChI is InChI=1S/C24H25NO5/c1-24(2)11-9-17-22(30-24)16(10-12-25(3)4)20(27)19-21(28)18(13-29-23(17)19)14-5-7-15(26)8-6-14/h5-9,11,13,26-27H,10,12H2,1-4H3. The average Bonchev–Trinajstić information content (AvgIpc) is 2.67. The molecule has 1 aliphatic heterocycles. The van der Waals surface area contributed by atoms with Crippen molar-refractivity contribution in [3.05, 3.63) is 58.0 Å². The summed E-state index contributed by atoms with van der Waals surface area (Å²) in [5, 5.41) is 20.8. The van der Waals surface area contributed by atoms with Crippen LogP contribution in [0.2, 0.25) is 0 Å². The molecule has 1 aromatic heterocycles. The van der Waals surface area contributed by atoms with Gasteiger partial charge in [-0.05, 0) is 64.2 Å². The third-order valence-electron chi connectivity index (χ3n) is 5.28. The summed E-state index contributed by atoms with van der Waals surface area (Å²) in [4.78, 5) is 15.4. The number of phenolic OH excluding ortho intramolecular Hbond substituents is 2. The van der Waals surface area contributed by atoms with E-state index in [-0.39, 0.29) is 22.3 Å². The summed E-state index contributed by atoms with van der Waals surface area (Å²) in [6.07, 6.45) is 5.71. The highest BCUT2D eigenvalue weighted by Crippen LogP contribution is 2.44. The van der Waals surface area contributed by atoms with Crippen molar-refractivity contribution in [1.29, 1.82) is 0 Å². The molecule has 4 rings (SSSR count). The van der Waals surface area contributed by atoms with E-state index in [0.717, 1.165) is 0 Å². The van der Waals surface area contributed by atoms with Crippen LogP contribution in [0.25, 0.3) is 28.2 Å². The molecule has 156 valence electrons. The highest BCUT2D eigenvalue weighted by atomic mass is 16.5. The molecule has 0 radical (unpaired) electrons. The van der Waals surface area contributed by atoms with Crippen LogP contribution in [-0.2, 0) is 6.42 Å². The average molecular weight is 407 g/mol. The minimum atomic E-state index is -0.535. The van der Waals surface area contributed by atoms with Crippen LogP contribution in [0.3, 0.4) is 0 Å². The van der Waals surface area contributed by atoms with Crippen LogP contribution in [0.4, 0.5) is 0 Å². The van der Waals surface area contributed by atoms with Crippen molar-refractivity contribution in [3.8, 4) is 28.4 Å². The predicted molar refractivity (Wildman–Crippen MR) is 117 cm³/mol. The second-order valence-corrected chi connectivity index (χ2v) is 8.39. The summed E-state index contributed by atoms with van der Waals surface area (Å²) >= 11 is 0. The molecule has 0 atom stereocenters. The molecule has 0 aliphatic carbocycles. The fourth-order valence-electron chi connectivity index (χ4n) is 3.66. The Morgan fingerprint density at radius 2 is 1.80 bits per heavy atom. The number of ether oxygens (including phenoxy) is 1. The third kappa shape index (κ3) is 3.44. The number of nitrogens with zero attached hydrogens (tertiary/aromatic N) is 1. The van der Waals surface area contributed by atoms with Crippen molar-refractivity contribution >= 4 is 17.0 Å². The Labute approximate surface area is 174 Å². The van der Waals surface area contributed by atoms with E-state index < -0.39 is 5.60 Å². The van der Waals surface area contributed by atoms with Gasteiger partial charge in [-0.1, -0.05) is 12.1 Å². The minimum absolute atomic E-state index is 0.105. The molecular formula is C24H25NO5. The second kappa shape index (κ2) is 7.22. The smallest absolute Gasteiger partial charge is 0.204 e. The quantitative estimate of drug-likeness (QED) is 0.676. The molecule has 6 heteroatoms. The molecule has 6 nitrogen and oxygen atoms in total. The van der Waals surface area contributed by atoms with Crippen molar-refractivity contribution in [2.24, 2.45) is 0 Å². The number of hydrogen-bond donors (Lipinski definition) is 2. The van der Waals surface area contributed by atoms with Gasteiger partial charge in [-0.3, -0.25) is 4.79 Å². The molecule has 3 aromatic rings. The van der Waals surface area contributed by atoms with Gasteiger partial charge in [0.05, 0.1) is 11.1 Å². The Balaban J connectivity index is 2.01. The molecule has 2 heterocycles. The van der Waals surface area contributed by atoms with Crippen LogP contribution in [0, 0.1) is 0 Å². The SMILES string of the molecule is CN(C)CCc1c2c(c3occ(-c4ccc(O)cc4)c(=O)c3c1O)C=CC(C)(C)O2. The van der Waals surface area contributed by atoms with E-state index in [1.54, 1.807) is 12.1 Å². The Kier molecular flexibility index (Phi) is 4.82. The Morgan fingerprint density at radius 1 is 1.10 bits per heavy atom. The van der Waals surface area contributed by atoms with Gasteiger partial charge in [0.2, 0.25) is 5.43 Å². The van der Waals surface area contributed by atoms with E-state index in [9.17, 15) is 15.0 Å². The monoisotopic (exact) mass is 407 g/mol. The van der Waals surface area contributed by atoms with Gasteiger partial charge in [-0.2, -0.15) is 0 Å². The van der Waals surface area contributed by atoms with Gasteiger partial charge >= 0.3 is 0 Å². The molecule has 1 aliphatic rings. The highest BCUT2D eigenvalue weighted by Gasteiger charge is 2.30. The fraction of sp³-hybridized carbons (Fsp3) is 0.292. The lowest BCUT2D eigenvalue weighted by Crippen LogP contribution is -2.29. The van der Waals surface area contributed by atoms with Crippen molar-refractivity contribution in [1.82, 2.24) is 4.90 Å². The van der Waals surface area contributed by atoms with Crippen LogP contribution in [-0.4, -0.2) is 41.4 Å². The van der Waals surface area contributed by atoms with Gasteiger partial charge in [0.1, 0.15) is 34.5 Å². The first-order chi connectivity index (χ1) is 14.2. The minimum Gasteiger partial charge on any atom is -0.508 e. The summed E-state index contributed by atoms with van der Waals surface area (Å²) < 4.78 is 12.1. The zero-order valence-corrected chi connectivity index (χ0v) is 17.5. The molecular weight excluding hydrogens is 382 g/mol. The number of hydrogen-bond acceptors (Lipinski definition) is 6. The molecule has 0 bridgehead atoms. The molecule has 0 saturated carbocycles. The highest BCUT2D eigenvalue weighted by molar-refractivity contribution is 5.97. The summed E-state index contributed by atoms with van der Waals surface area (Å²) in [7, 11) is 3.90. The number of rotatable bonds is 4. The van der Waals surface area contributed by atoms with Gasteiger partial charge < -0.3 is 24.3 Å². The van der Waals surface area contributed by atoms with Gasteiger partial charge in [0, 0.05) is 12.1 Å². The van der Waals surface area contributed by atoms with E-state index in [1.165, 1.54) is 18.4 Å².